The summed E-state index contributed by atoms with van der Waals surface area (Å²) in [6.07, 6.45) is 1.00. The van der Waals surface area contributed by atoms with Gasteiger partial charge in [-0.1, -0.05) is 35.5 Å². The van der Waals surface area contributed by atoms with Crippen LogP contribution in [0.1, 0.15) is 27.4 Å². The zero-order valence-electron chi connectivity index (χ0n) is 17.2. The van der Waals surface area contributed by atoms with Crippen molar-refractivity contribution >= 4 is 5.91 Å². The highest BCUT2D eigenvalue weighted by atomic mass is 19.1. The molecule has 2 heterocycles. The van der Waals surface area contributed by atoms with E-state index in [0.29, 0.717) is 6.54 Å². The molecule has 4 rings (SSSR count). The Morgan fingerprint density at radius 2 is 1.90 bits per heavy atom. The number of ether oxygens (including phenoxy) is 1. The number of likely N-dealkylation sites (N-methyl/N-ethyl adjacent to an activating group) is 1. The molecular formula is C23H23F2N3O3. The summed E-state index contributed by atoms with van der Waals surface area (Å²) < 4.78 is 37.5. The summed E-state index contributed by atoms with van der Waals surface area (Å²) >= 11 is 0. The lowest BCUT2D eigenvalue weighted by atomic mass is 10.00. The van der Waals surface area contributed by atoms with Crippen molar-refractivity contribution in [2.75, 3.05) is 26.7 Å². The van der Waals surface area contributed by atoms with Crippen LogP contribution in [-0.4, -0.2) is 47.5 Å². The van der Waals surface area contributed by atoms with Crippen molar-refractivity contribution in [3.63, 3.8) is 0 Å². The molecule has 8 heteroatoms. The second-order valence-electron chi connectivity index (χ2n) is 7.54. The van der Waals surface area contributed by atoms with Crippen molar-refractivity contribution in [2.45, 2.75) is 19.6 Å². The molecular weight excluding hydrogens is 404 g/mol. The van der Waals surface area contributed by atoms with Gasteiger partial charge in [0, 0.05) is 39.3 Å². The summed E-state index contributed by atoms with van der Waals surface area (Å²) in [7, 11) is 1.71. The summed E-state index contributed by atoms with van der Waals surface area (Å²) in [5.41, 5.74) is 2.84. The first-order chi connectivity index (χ1) is 15.0. The van der Waals surface area contributed by atoms with E-state index >= 15 is 0 Å². The van der Waals surface area contributed by atoms with Crippen molar-refractivity contribution in [3.8, 4) is 5.75 Å². The summed E-state index contributed by atoms with van der Waals surface area (Å²) in [6.45, 7) is 2.87. The fourth-order valence-electron chi connectivity index (χ4n) is 3.58. The van der Waals surface area contributed by atoms with E-state index in [1.165, 1.54) is 23.3 Å². The van der Waals surface area contributed by atoms with Gasteiger partial charge in [-0.3, -0.25) is 9.69 Å². The van der Waals surface area contributed by atoms with E-state index in [4.69, 9.17) is 9.26 Å². The number of nitrogens with zero attached hydrogens (tertiary/aromatic N) is 3. The number of rotatable bonds is 7. The molecule has 0 aliphatic carbocycles. The Morgan fingerprint density at radius 1 is 1.16 bits per heavy atom. The smallest absolute Gasteiger partial charge is 0.275 e. The Hall–Kier alpha value is -3.26. The normalized spacial score (nSPS) is 13.6. The van der Waals surface area contributed by atoms with Crippen LogP contribution in [0.15, 0.2) is 53.1 Å². The molecule has 1 aromatic heterocycles. The number of para-hydroxylation sites is 1. The quantitative estimate of drug-likeness (QED) is 0.576. The first-order valence-electron chi connectivity index (χ1n) is 10.1. The number of carbonyl (C=O) groups excluding carboxylic acids is 1. The third-order valence-electron chi connectivity index (χ3n) is 5.36. The van der Waals surface area contributed by atoms with Gasteiger partial charge in [-0.15, -0.1) is 0 Å². The van der Waals surface area contributed by atoms with Crippen molar-refractivity contribution in [1.82, 2.24) is 15.0 Å². The number of halogens is 2. The van der Waals surface area contributed by atoms with Gasteiger partial charge in [0.2, 0.25) is 0 Å². The largest absolute Gasteiger partial charge is 0.479 e. The molecule has 1 aliphatic heterocycles. The lowest BCUT2D eigenvalue weighted by molar-refractivity contribution is 0.0764. The lowest BCUT2D eigenvalue weighted by Crippen LogP contribution is -2.38. The first kappa shape index (κ1) is 21.0. The number of carbonyl (C=O) groups is 1. The maximum absolute atomic E-state index is 13.6. The van der Waals surface area contributed by atoms with Crippen LogP contribution in [0.3, 0.4) is 0 Å². The number of aromatic nitrogens is 1. The van der Waals surface area contributed by atoms with E-state index in [9.17, 15) is 13.6 Å². The molecule has 1 aliphatic rings. The zero-order chi connectivity index (χ0) is 21.8. The molecule has 0 bridgehead atoms. The van der Waals surface area contributed by atoms with Gasteiger partial charge in [-0.25, -0.2) is 8.78 Å². The third kappa shape index (κ3) is 4.91. The van der Waals surface area contributed by atoms with E-state index in [1.54, 1.807) is 11.9 Å². The van der Waals surface area contributed by atoms with Crippen LogP contribution in [0.2, 0.25) is 0 Å². The number of fused-ring (bicyclic) bond motifs is 1. The van der Waals surface area contributed by atoms with Gasteiger partial charge in [0.1, 0.15) is 6.61 Å². The molecule has 0 spiro atoms. The van der Waals surface area contributed by atoms with Gasteiger partial charge in [-0.2, -0.15) is 0 Å². The van der Waals surface area contributed by atoms with Gasteiger partial charge in [-0.05, 0) is 29.7 Å². The minimum absolute atomic E-state index is 0.124. The fourth-order valence-corrected chi connectivity index (χ4v) is 3.58. The first-order valence-corrected chi connectivity index (χ1v) is 10.1. The third-order valence-corrected chi connectivity index (χ3v) is 5.36. The van der Waals surface area contributed by atoms with E-state index in [-0.39, 0.29) is 24.0 Å². The molecule has 0 atom stereocenters. The van der Waals surface area contributed by atoms with Crippen LogP contribution in [0.25, 0.3) is 0 Å². The lowest BCUT2D eigenvalue weighted by Gasteiger charge is -2.30. The minimum atomic E-state index is -0.809. The number of benzene rings is 2. The molecule has 6 nitrogen and oxygen atoms in total. The van der Waals surface area contributed by atoms with Crippen LogP contribution in [0.4, 0.5) is 8.78 Å². The maximum atomic E-state index is 13.6. The van der Waals surface area contributed by atoms with Gasteiger partial charge in [0.15, 0.2) is 28.8 Å². The van der Waals surface area contributed by atoms with Crippen LogP contribution >= 0.6 is 0 Å². The van der Waals surface area contributed by atoms with E-state index in [0.717, 1.165) is 38.2 Å². The van der Waals surface area contributed by atoms with Gasteiger partial charge in [0.05, 0.1) is 0 Å². The molecule has 31 heavy (non-hydrogen) atoms. The average Bonchev–Trinajstić information content (AvgIpc) is 3.25. The predicted octanol–water partition coefficient (Wildman–Crippen LogP) is 3.66. The van der Waals surface area contributed by atoms with E-state index in [2.05, 4.69) is 28.3 Å². The van der Waals surface area contributed by atoms with Crippen molar-refractivity contribution < 1.29 is 22.8 Å². The Morgan fingerprint density at radius 3 is 2.68 bits per heavy atom. The standard InChI is InChI=1S/C23H23F2N3O3/c1-27(11-12-28-10-9-16-5-2-3-6-17(16)14-28)23(29)21-13-18(31-26-21)15-30-22-19(24)7-4-8-20(22)25/h2-8,13H,9-12,14-15H2,1H3. The average molecular weight is 427 g/mol. The molecule has 3 aromatic rings. The Labute approximate surface area is 179 Å². The van der Waals surface area contributed by atoms with Crippen LogP contribution < -0.4 is 4.74 Å². The van der Waals surface area contributed by atoms with Crippen LogP contribution in [0, 0.1) is 11.6 Å². The molecule has 0 fully saturated rings. The predicted molar refractivity (Wildman–Crippen MR) is 110 cm³/mol. The van der Waals surface area contributed by atoms with Gasteiger partial charge < -0.3 is 14.2 Å². The number of hydrogen-bond acceptors (Lipinski definition) is 5. The van der Waals surface area contributed by atoms with Crippen LogP contribution in [-0.2, 0) is 19.6 Å². The second kappa shape index (κ2) is 9.26. The topological polar surface area (TPSA) is 58.8 Å². The molecule has 2 aromatic carbocycles. The van der Waals surface area contributed by atoms with Crippen LogP contribution in [0.5, 0.6) is 5.75 Å². The molecule has 1 amide bonds. The molecule has 0 N–H and O–H groups in total. The molecule has 0 saturated carbocycles. The Bertz CT molecular complexity index is 1050. The molecule has 0 radical (unpaired) electrons. The number of hydrogen-bond donors (Lipinski definition) is 0. The minimum Gasteiger partial charge on any atom is -0.479 e. The van der Waals surface area contributed by atoms with E-state index < -0.39 is 17.4 Å². The maximum Gasteiger partial charge on any atom is 0.275 e. The fraction of sp³-hybridized carbons (Fsp3) is 0.304. The monoisotopic (exact) mass is 427 g/mol. The van der Waals surface area contributed by atoms with Gasteiger partial charge in [0.25, 0.3) is 5.91 Å². The molecule has 0 saturated heterocycles. The number of amides is 1. The van der Waals surface area contributed by atoms with E-state index in [1.807, 2.05) is 6.07 Å². The highest BCUT2D eigenvalue weighted by Crippen LogP contribution is 2.22. The second-order valence-corrected chi connectivity index (χ2v) is 7.54. The summed E-state index contributed by atoms with van der Waals surface area (Å²) in [5, 5.41) is 3.77. The van der Waals surface area contributed by atoms with Crippen molar-refractivity contribution in [3.05, 3.63) is 82.7 Å². The SMILES string of the molecule is CN(CCN1CCc2ccccc2C1)C(=O)c1cc(COc2c(F)cccc2F)on1. The zero-order valence-corrected chi connectivity index (χ0v) is 17.2. The van der Waals surface area contributed by atoms with Crippen molar-refractivity contribution in [1.29, 1.82) is 0 Å². The van der Waals surface area contributed by atoms with Crippen molar-refractivity contribution in [2.24, 2.45) is 0 Å². The summed E-state index contributed by atoms with van der Waals surface area (Å²) in [5.74, 6) is -2.20. The Kier molecular flexibility index (Phi) is 6.27. The summed E-state index contributed by atoms with van der Waals surface area (Å²) in [4.78, 5) is 16.5. The highest BCUT2D eigenvalue weighted by molar-refractivity contribution is 5.92. The molecule has 162 valence electrons. The Balaban J connectivity index is 1.29. The summed E-state index contributed by atoms with van der Waals surface area (Å²) in [6, 6.07) is 13.3. The van der Waals surface area contributed by atoms with Gasteiger partial charge >= 0.3 is 0 Å². The highest BCUT2D eigenvalue weighted by Gasteiger charge is 2.20. The molecule has 0 unspecified atom stereocenters.